The molecule has 1 saturated heterocycles. The van der Waals surface area contributed by atoms with E-state index in [-0.39, 0.29) is 5.56 Å². The van der Waals surface area contributed by atoms with E-state index in [1.165, 1.54) is 24.7 Å². The largest absolute Gasteiger partial charge is 0.416 e. The zero-order chi connectivity index (χ0) is 29.9. The zero-order valence-corrected chi connectivity index (χ0v) is 23.5. The molecule has 0 atom stereocenters. The second kappa shape index (κ2) is 12.1. The lowest BCUT2D eigenvalue weighted by molar-refractivity contribution is -0.137. The lowest BCUT2D eigenvalue weighted by atomic mass is 10.1. The summed E-state index contributed by atoms with van der Waals surface area (Å²) in [5.74, 6) is 0.248. The number of aromatic nitrogens is 3. The number of nitrogens with one attached hydrogen (secondary N) is 3. The number of benzene rings is 2. The molecule has 0 aliphatic carbocycles. The first-order valence-corrected chi connectivity index (χ1v) is 13.8. The number of amides is 2. The van der Waals surface area contributed by atoms with Crippen molar-refractivity contribution in [2.24, 2.45) is 0 Å². The highest BCUT2D eigenvalue weighted by molar-refractivity contribution is 7.17. The van der Waals surface area contributed by atoms with Crippen LogP contribution in [0.2, 0.25) is 0 Å². The fourth-order valence-corrected chi connectivity index (χ4v) is 4.95. The van der Waals surface area contributed by atoms with Gasteiger partial charge in [0.15, 0.2) is 5.13 Å². The molecule has 3 heterocycles. The number of aryl methyl sites for hydroxylation is 1. The van der Waals surface area contributed by atoms with Crippen molar-refractivity contribution in [2.75, 3.05) is 54.1 Å². The molecule has 5 rings (SSSR count). The third kappa shape index (κ3) is 7.01. The number of hydrogen-bond acceptors (Lipinski definition) is 9. The fourth-order valence-electron chi connectivity index (χ4n) is 4.23. The molecule has 1 aliphatic heterocycles. The van der Waals surface area contributed by atoms with Crippen molar-refractivity contribution in [3.8, 4) is 0 Å². The highest BCUT2D eigenvalue weighted by Gasteiger charge is 2.31. The number of halogens is 3. The smallest absolute Gasteiger partial charge is 0.354 e. The summed E-state index contributed by atoms with van der Waals surface area (Å²) in [6.45, 7) is 5.40. The summed E-state index contributed by atoms with van der Waals surface area (Å²) >= 11 is 1.14. The van der Waals surface area contributed by atoms with Crippen molar-refractivity contribution in [2.45, 2.75) is 13.1 Å². The predicted molar refractivity (Wildman–Crippen MR) is 156 cm³/mol. The number of piperazine rings is 1. The highest BCUT2D eigenvalue weighted by Crippen LogP contribution is 2.30. The van der Waals surface area contributed by atoms with E-state index >= 15 is 0 Å². The maximum atomic E-state index is 13.0. The minimum absolute atomic E-state index is 0.139. The predicted octanol–water partition coefficient (Wildman–Crippen LogP) is 5.26. The molecule has 4 aromatic rings. The standard InChI is InChI=1S/C28H27F3N8O2S/c1-17-6-7-20(35-25(40)18-4-3-5-19(12-18)28(29,30)31)13-21(17)36-26(41)22-15-32-27(42-22)37-23-14-24(34-16-33-23)39-10-8-38(2)9-11-39/h3-7,12-16H,8-11H2,1-2H3,(H,35,40)(H,36,41)(H,32,33,34,37). The Morgan fingerprint density at radius 1 is 0.929 bits per heavy atom. The van der Waals surface area contributed by atoms with E-state index < -0.39 is 23.6 Å². The van der Waals surface area contributed by atoms with Crippen LogP contribution in [0.1, 0.15) is 31.2 Å². The number of carbonyl (C=O) groups is 2. The van der Waals surface area contributed by atoms with Gasteiger partial charge in [-0.25, -0.2) is 15.0 Å². The molecule has 42 heavy (non-hydrogen) atoms. The minimum Gasteiger partial charge on any atom is -0.354 e. The lowest BCUT2D eigenvalue weighted by Gasteiger charge is -2.33. The van der Waals surface area contributed by atoms with Gasteiger partial charge < -0.3 is 25.8 Å². The molecule has 2 aromatic carbocycles. The van der Waals surface area contributed by atoms with Crippen LogP contribution in [-0.4, -0.2) is 64.9 Å². The van der Waals surface area contributed by atoms with Gasteiger partial charge in [-0.2, -0.15) is 13.2 Å². The quantitative estimate of drug-likeness (QED) is 0.265. The van der Waals surface area contributed by atoms with E-state index in [1.807, 2.05) is 6.07 Å². The Bertz CT molecular complexity index is 1600. The Balaban J connectivity index is 1.23. The summed E-state index contributed by atoms with van der Waals surface area (Å²) in [4.78, 5) is 43.3. The summed E-state index contributed by atoms with van der Waals surface area (Å²) in [5, 5.41) is 8.99. The normalized spacial score (nSPS) is 14.0. The number of nitrogens with zero attached hydrogens (tertiary/aromatic N) is 5. The molecule has 10 nitrogen and oxygen atoms in total. The van der Waals surface area contributed by atoms with Gasteiger partial charge in [0.2, 0.25) is 0 Å². The first-order valence-electron chi connectivity index (χ1n) is 12.9. The Hall–Kier alpha value is -4.56. The van der Waals surface area contributed by atoms with Crippen LogP contribution in [0.4, 0.5) is 41.3 Å². The molecular formula is C28H27F3N8O2S. The van der Waals surface area contributed by atoms with Gasteiger partial charge in [0, 0.05) is 49.2 Å². The monoisotopic (exact) mass is 596 g/mol. The van der Waals surface area contributed by atoms with Gasteiger partial charge in [0.05, 0.1) is 11.8 Å². The number of carbonyl (C=O) groups excluding carboxylic acids is 2. The van der Waals surface area contributed by atoms with Crippen molar-refractivity contribution in [1.29, 1.82) is 0 Å². The maximum Gasteiger partial charge on any atom is 0.416 e. The van der Waals surface area contributed by atoms with Gasteiger partial charge in [-0.05, 0) is 49.9 Å². The molecule has 1 fully saturated rings. The number of hydrogen-bond donors (Lipinski definition) is 3. The third-order valence-corrected chi connectivity index (χ3v) is 7.55. The van der Waals surface area contributed by atoms with Crippen molar-refractivity contribution in [3.05, 3.63) is 82.6 Å². The molecular weight excluding hydrogens is 569 g/mol. The summed E-state index contributed by atoms with van der Waals surface area (Å²) in [5.41, 5.74) is 0.406. The summed E-state index contributed by atoms with van der Waals surface area (Å²) in [6, 6.07) is 10.8. The Morgan fingerprint density at radius 3 is 2.48 bits per heavy atom. The van der Waals surface area contributed by atoms with Crippen molar-refractivity contribution in [1.82, 2.24) is 19.9 Å². The molecule has 0 radical (unpaired) electrons. The molecule has 0 spiro atoms. The number of likely N-dealkylation sites (N-methyl/N-ethyl adjacent to an activating group) is 1. The Kier molecular flexibility index (Phi) is 8.36. The van der Waals surface area contributed by atoms with Crippen LogP contribution >= 0.6 is 11.3 Å². The van der Waals surface area contributed by atoms with E-state index in [1.54, 1.807) is 25.1 Å². The van der Waals surface area contributed by atoms with Gasteiger partial charge in [-0.1, -0.05) is 23.5 Å². The number of anilines is 5. The number of alkyl halides is 3. The van der Waals surface area contributed by atoms with Crippen LogP contribution in [-0.2, 0) is 6.18 Å². The molecule has 3 N–H and O–H groups in total. The maximum absolute atomic E-state index is 13.0. The van der Waals surface area contributed by atoms with Crippen LogP contribution in [0.25, 0.3) is 0 Å². The van der Waals surface area contributed by atoms with Gasteiger partial charge in [-0.3, -0.25) is 9.59 Å². The van der Waals surface area contributed by atoms with E-state index in [0.717, 1.165) is 61.0 Å². The average molecular weight is 597 g/mol. The summed E-state index contributed by atoms with van der Waals surface area (Å²) < 4.78 is 39.1. The van der Waals surface area contributed by atoms with Crippen LogP contribution in [0.5, 0.6) is 0 Å². The Labute approximate surface area is 243 Å². The molecule has 0 saturated carbocycles. The Morgan fingerprint density at radius 2 is 1.71 bits per heavy atom. The van der Waals surface area contributed by atoms with Crippen LogP contribution in [0, 0.1) is 6.92 Å². The average Bonchev–Trinajstić information content (AvgIpc) is 3.43. The minimum atomic E-state index is -4.56. The molecule has 2 amide bonds. The molecule has 218 valence electrons. The SMILES string of the molecule is Cc1ccc(NC(=O)c2cccc(C(F)(F)F)c2)cc1NC(=O)c1cnc(Nc2cc(N3CCN(C)CC3)ncn2)s1. The molecule has 14 heteroatoms. The molecule has 0 unspecified atom stereocenters. The van der Waals surface area contributed by atoms with E-state index in [0.29, 0.717) is 27.2 Å². The van der Waals surface area contributed by atoms with Gasteiger partial charge in [-0.15, -0.1) is 0 Å². The topological polar surface area (TPSA) is 115 Å². The third-order valence-electron chi connectivity index (χ3n) is 6.64. The molecule has 2 aromatic heterocycles. The van der Waals surface area contributed by atoms with Crippen molar-refractivity contribution >= 4 is 51.3 Å². The van der Waals surface area contributed by atoms with Gasteiger partial charge in [0.1, 0.15) is 22.8 Å². The first kappa shape index (κ1) is 29.0. The second-order valence-electron chi connectivity index (χ2n) is 9.72. The lowest BCUT2D eigenvalue weighted by Crippen LogP contribution is -2.44. The summed E-state index contributed by atoms with van der Waals surface area (Å²) in [6.07, 6.45) is -1.63. The van der Waals surface area contributed by atoms with E-state index in [9.17, 15) is 22.8 Å². The number of thiazole rings is 1. The highest BCUT2D eigenvalue weighted by atomic mass is 32.1. The second-order valence-corrected chi connectivity index (χ2v) is 10.8. The van der Waals surface area contributed by atoms with Crippen molar-refractivity contribution in [3.63, 3.8) is 0 Å². The molecule has 0 bridgehead atoms. The van der Waals surface area contributed by atoms with Gasteiger partial charge in [0.25, 0.3) is 11.8 Å². The molecule has 1 aliphatic rings. The van der Waals surface area contributed by atoms with Crippen LogP contribution in [0.15, 0.2) is 61.1 Å². The number of rotatable bonds is 7. The van der Waals surface area contributed by atoms with Crippen LogP contribution < -0.4 is 20.9 Å². The fraction of sp³-hybridized carbons (Fsp3) is 0.250. The zero-order valence-electron chi connectivity index (χ0n) is 22.7. The summed E-state index contributed by atoms with van der Waals surface area (Å²) in [7, 11) is 2.08. The van der Waals surface area contributed by atoms with Crippen LogP contribution in [0.3, 0.4) is 0 Å². The van der Waals surface area contributed by atoms with Gasteiger partial charge >= 0.3 is 6.18 Å². The van der Waals surface area contributed by atoms with E-state index in [2.05, 4.69) is 47.7 Å². The first-order chi connectivity index (χ1) is 20.0. The van der Waals surface area contributed by atoms with Crippen molar-refractivity contribution < 1.29 is 22.8 Å². The van der Waals surface area contributed by atoms with E-state index in [4.69, 9.17) is 0 Å².